The zero-order valence-corrected chi connectivity index (χ0v) is 22.7. The van der Waals surface area contributed by atoms with E-state index in [2.05, 4.69) is 15.9 Å². The summed E-state index contributed by atoms with van der Waals surface area (Å²) in [5.74, 6) is 0.643. The molecule has 0 aliphatic carbocycles. The number of benzene rings is 1. The first kappa shape index (κ1) is 25.3. The first-order valence-corrected chi connectivity index (χ1v) is 13.7. The normalized spacial score (nSPS) is 15.6. The standard InChI is InChI=1S/C25H27FN8OS2/c1-5-19-22(32(4)23-29-21(20(12-27)36-23)16-6-8-17(26)9-7-16)34-24(28-19)37-25(30-34)33-11-10-18(14-33)31(3)13-15(2)35/h6-9,18H,5,10-11,13-14H2,1-4H3. The van der Waals surface area contributed by atoms with Crippen molar-refractivity contribution in [2.75, 3.05) is 43.5 Å². The third-order valence-electron chi connectivity index (χ3n) is 6.54. The van der Waals surface area contributed by atoms with Crippen LogP contribution in [0, 0.1) is 17.1 Å². The number of fused-ring (bicyclic) bond motifs is 1. The number of rotatable bonds is 8. The number of hydrogen-bond acceptors (Lipinski definition) is 10. The fourth-order valence-corrected chi connectivity index (χ4v) is 6.45. The highest BCUT2D eigenvalue weighted by Crippen LogP contribution is 2.38. The lowest BCUT2D eigenvalue weighted by Gasteiger charge is -2.23. The largest absolute Gasteiger partial charge is 0.345 e. The lowest BCUT2D eigenvalue weighted by atomic mass is 10.1. The molecule has 1 aliphatic heterocycles. The number of halogens is 1. The summed E-state index contributed by atoms with van der Waals surface area (Å²) in [7, 11) is 3.90. The number of likely N-dealkylation sites (N-methyl/N-ethyl adjacent to an activating group) is 1. The van der Waals surface area contributed by atoms with Crippen molar-refractivity contribution in [3.8, 4) is 17.3 Å². The summed E-state index contributed by atoms with van der Waals surface area (Å²) in [6, 6.07) is 8.53. The summed E-state index contributed by atoms with van der Waals surface area (Å²) in [5, 5.41) is 16.2. The number of thiazole rings is 1. The third kappa shape index (κ3) is 4.82. The van der Waals surface area contributed by atoms with Gasteiger partial charge >= 0.3 is 0 Å². The zero-order valence-electron chi connectivity index (χ0n) is 21.1. The lowest BCUT2D eigenvalue weighted by molar-refractivity contribution is -0.118. The smallest absolute Gasteiger partial charge is 0.216 e. The predicted molar refractivity (Wildman–Crippen MR) is 144 cm³/mol. The van der Waals surface area contributed by atoms with Gasteiger partial charge in [0.25, 0.3) is 0 Å². The van der Waals surface area contributed by atoms with Crippen LogP contribution >= 0.6 is 22.7 Å². The molecule has 0 bridgehead atoms. The van der Waals surface area contributed by atoms with Crippen molar-refractivity contribution in [2.24, 2.45) is 0 Å². The molecule has 1 unspecified atom stereocenters. The molecule has 1 atom stereocenters. The Kier molecular flexibility index (Phi) is 6.94. The number of ketones is 1. The minimum Gasteiger partial charge on any atom is -0.345 e. The fourth-order valence-electron chi connectivity index (χ4n) is 4.65. The molecule has 12 heteroatoms. The van der Waals surface area contributed by atoms with Crippen LogP contribution in [0.4, 0.5) is 20.5 Å². The minimum atomic E-state index is -0.335. The van der Waals surface area contributed by atoms with Crippen LogP contribution in [0.25, 0.3) is 16.2 Å². The number of aryl methyl sites for hydroxylation is 1. The van der Waals surface area contributed by atoms with Crippen molar-refractivity contribution in [3.63, 3.8) is 0 Å². The molecule has 4 heterocycles. The van der Waals surface area contributed by atoms with Crippen LogP contribution in [-0.2, 0) is 11.2 Å². The molecule has 1 fully saturated rings. The first-order valence-electron chi connectivity index (χ1n) is 12.0. The van der Waals surface area contributed by atoms with E-state index in [0.717, 1.165) is 41.1 Å². The van der Waals surface area contributed by atoms with Gasteiger partial charge in [-0.25, -0.2) is 14.4 Å². The van der Waals surface area contributed by atoms with Crippen molar-refractivity contribution in [1.29, 1.82) is 5.26 Å². The van der Waals surface area contributed by atoms with Gasteiger partial charge in [0, 0.05) is 31.7 Å². The molecule has 3 aromatic heterocycles. The lowest BCUT2D eigenvalue weighted by Crippen LogP contribution is -2.37. The maximum absolute atomic E-state index is 13.4. The molecule has 1 aliphatic rings. The molecule has 9 nitrogen and oxygen atoms in total. The molecule has 0 spiro atoms. The molecule has 0 saturated carbocycles. The summed E-state index contributed by atoms with van der Waals surface area (Å²) >= 11 is 2.83. The Morgan fingerprint density at radius 2 is 2.00 bits per heavy atom. The SMILES string of the molecule is CCc1nc2sc(N3CCC(N(C)CC(C)=O)C3)nn2c1N(C)c1nc(-c2ccc(F)cc2)c(C#N)s1. The first-order chi connectivity index (χ1) is 17.8. The number of anilines is 3. The van der Waals surface area contributed by atoms with Gasteiger partial charge in [-0.15, -0.1) is 5.10 Å². The maximum atomic E-state index is 13.4. The van der Waals surface area contributed by atoms with E-state index in [1.54, 1.807) is 30.4 Å². The molecule has 5 rings (SSSR count). The van der Waals surface area contributed by atoms with Crippen molar-refractivity contribution >= 4 is 49.5 Å². The Hall–Kier alpha value is -3.40. The number of imidazole rings is 1. The van der Waals surface area contributed by atoms with Gasteiger partial charge in [0.15, 0.2) is 10.9 Å². The number of Topliss-reactive ketones (excluding diaryl/α,β-unsaturated/α-hetero) is 1. The number of aromatic nitrogens is 4. The van der Waals surface area contributed by atoms with Crippen LogP contribution in [-0.4, -0.2) is 70.0 Å². The van der Waals surface area contributed by atoms with Gasteiger partial charge in [0.2, 0.25) is 10.1 Å². The van der Waals surface area contributed by atoms with E-state index in [1.807, 2.05) is 30.4 Å². The molecule has 1 saturated heterocycles. The van der Waals surface area contributed by atoms with Gasteiger partial charge < -0.3 is 9.80 Å². The number of carbonyl (C=O) groups is 1. The molecular weight excluding hydrogens is 511 g/mol. The second-order valence-corrected chi connectivity index (χ2v) is 11.1. The van der Waals surface area contributed by atoms with Crippen LogP contribution in [0.5, 0.6) is 0 Å². The monoisotopic (exact) mass is 538 g/mol. The van der Waals surface area contributed by atoms with Gasteiger partial charge in [0.05, 0.1) is 12.2 Å². The van der Waals surface area contributed by atoms with Crippen LogP contribution in [0.3, 0.4) is 0 Å². The third-order valence-corrected chi connectivity index (χ3v) is 8.55. The predicted octanol–water partition coefficient (Wildman–Crippen LogP) is 4.35. The Labute approximate surface area is 222 Å². The van der Waals surface area contributed by atoms with Crippen molar-refractivity contribution < 1.29 is 9.18 Å². The van der Waals surface area contributed by atoms with Crippen LogP contribution in [0.1, 0.15) is 30.8 Å². The van der Waals surface area contributed by atoms with Crippen LogP contribution in [0.2, 0.25) is 0 Å². The van der Waals surface area contributed by atoms with E-state index < -0.39 is 0 Å². The Morgan fingerprint density at radius 3 is 2.68 bits per heavy atom. The van der Waals surface area contributed by atoms with E-state index in [0.29, 0.717) is 40.3 Å². The van der Waals surface area contributed by atoms with Crippen LogP contribution < -0.4 is 9.80 Å². The summed E-state index contributed by atoms with van der Waals surface area (Å²) < 4.78 is 15.3. The number of nitrogens with zero attached hydrogens (tertiary/aromatic N) is 8. The van der Waals surface area contributed by atoms with Gasteiger partial charge in [-0.05, 0) is 51.1 Å². The van der Waals surface area contributed by atoms with Crippen molar-refractivity contribution in [3.05, 3.63) is 40.7 Å². The summed E-state index contributed by atoms with van der Waals surface area (Å²) in [6.07, 6.45) is 1.69. The van der Waals surface area contributed by atoms with Gasteiger partial charge in [-0.2, -0.15) is 9.78 Å². The topological polar surface area (TPSA) is 93.7 Å². The van der Waals surface area contributed by atoms with Gasteiger partial charge in [-0.3, -0.25) is 9.69 Å². The van der Waals surface area contributed by atoms with Crippen molar-refractivity contribution in [2.45, 2.75) is 32.7 Å². The second-order valence-electron chi connectivity index (χ2n) is 9.17. The molecule has 4 aromatic rings. The second kappa shape index (κ2) is 10.2. The van der Waals surface area contributed by atoms with Crippen LogP contribution in [0.15, 0.2) is 24.3 Å². The maximum Gasteiger partial charge on any atom is 0.216 e. The highest BCUT2D eigenvalue weighted by Gasteiger charge is 2.30. The summed E-state index contributed by atoms with van der Waals surface area (Å²) in [4.78, 5) is 28.7. The Bertz CT molecular complexity index is 1480. The Morgan fingerprint density at radius 1 is 1.24 bits per heavy atom. The van der Waals surface area contributed by atoms with Crippen molar-refractivity contribution in [1.82, 2.24) is 24.5 Å². The minimum absolute atomic E-state index is 0.165. The van der Waals surface area contributed by atoms with Gasteiger partial charge in [-0.1, -0.05) is 29.6 Å². The van der Waals surface area contributed by atoms with E-state index in [9.17, 15) is 14.4 Å². The molecule has 0 amide bonds. The van der Waals surface area contributed by atoms with E-state index in [1.165, 1.54) is 23.5 Å². The average Bonchev–Trinajstić information content (AvgIpc) is 3.65. The fraction of sp³-hybridized carbons (Fsp3) is 0.400. The number of nitriles is 1. The van der Waals surface area contributed by atoms with E-state index >= 15 is 0 Å². The highest BCUT2D eigenvalue weighted by atomic mass is 32.1. The molecule has 37 heavy (non-hydrogen) atoms. The molecule has 0 radical (unpaired) electrons. The quantitative estimate of drug-likeness (QED) is 0.327. The summed E-state index contributed by atoms with van der Waals surface area (Å²) in [6.45, 7) is 5.80. The molecular formula is C25H27FN8OS2. The van der Waals surface area contributed by atoms with Gasteiger partial charge in [0.1, 0.15) is 28.2 Å². The Balaban J connectivity index is 1.46. The number of carbonyl (C=O) groups excluding carboxylic acids is 1. The summed E-state index contributed by atoms with van der Waals surface area (Å²) in [5.41, 5.74) is 2.12. The average molecular weight is 539 g/mol. The highest BCUT2D eigenvalue weighted by molar-refractivity contribution is 7.20. The molecule has 0 N–H and O–H groups in total. The molecule has 1 aromatic carbocycles. The zero-order chi connectivity index (χ0) is 26.3. The van der Waals surface area contributed by atoms with E-state index in [4.69, 9.17) is 15.1 Å². The van der Waals surface area contributed by atoms with E-state index in [-0.39, 0.29) is 11.6 Å². The number of hydrogen-bond donors (Lipinski definition) is 0. The molecule has 192 valence electrons.